The zero-order valence-electron chi connectivity index (χ0n) is 11.4. The summed E-state index contributed by atoms with van der Waals surface area (Å²) in [5, 5.41) is 0.548. The van der Waals surface area contributed by atoms with E-state index < -0.39 is 0 Å². The number of aromatic nitrogens is 2. The van der Waals surface area contributed by atoms with Crippen molar-refractivity contribution in [1.29, 1.82) is 0 Å². The van der Waals surface area contributed by atoms with Gasteiger partial charge in [-0.3, -0.25) is 0 Å². The topological polar surface area (TPSA) is 47.1 Å². The molecule has 3 aromatic rings. The molecule has 0 saturated carbocycles. The first-order valence-corrected chi connectivity index (χ1v) is 7.36. The molecule has 6 heteroatoms. The average molecular weight is 368 g/mol. The fourth-order valence-electron chi connectivity index (χ4n) is 2.12. The van der Waals surface area contributed by atoms with E-state index in [4.69, 9.17) is 21.1 Å². The second-order valence-corrected chi connectivity index (χ2v) is 5.70. The molecule has 2 aromatic carbocycles. The highest BCUT2D eigenvalue weighted by atomic mass is 79.9. The zero-order chi connectivity index (χ0) is 15.0. The van der Waals surface area contributed by atoms with Crippen molar-refractivity contribution in [3.63, 3.8) is 0 Å². The van der Waals surface area contributed by atoms with Crippen molar-refractivity contribution in [2.24, 2.45) is 0 Å². The van der Waals surface area contributed by atoms with Gasteiger partial charge in [-0.2, -0.15) is 0 Å². The molecule has 0 saturated heterocycles. The lowest BCUT2D eigenvalue weighted by atomic mass is 10.2. The molecule has 0 spiro atoms. The van der Waals surface area contributed by atoms with Gasteiger partial charge in [0.25, 0.3) is 0 Å². The predicted molar refractivity (Wildman–Crippen MR) is 87.3 cm³/mol. The summed E-state index contributed by atoms with van der Waals surface area (Å²) in [4.78, 5) is 7.87. The van der Waals surface area contributed by atoms with E-state index in [9.17, 15) is 0 Å². The number of benzene rings is 2. The average Bonchev–Trinajstić information content (AvgIpc) is 2.91. The Morgan fingerprint density at radius 3 is 2.62 bits per heavy atom. The molecular weight excluding hydrogens is 356 g/mol. The number of rotatable bonds is 3. The van der Waals surface area contributed by atoms with Crippen LogP contribution in [0.4, 0.5) is 0 Å². The third-order valence-corrected chi connectivity index (χ3v) is 4.07. The van der Waals surface area contributed by atoms with E-state index in [1.807, 2.05) is 30.3 Å². The van der Waals surface area contributed by atoms with Crippen LogP contribution in [0.5, 0.6) is 11.5 Å². The van der Waals surface area contributed by atoms with Crippen LogP contribution in [-0.2, 0) is 0 Å². The number of ether oxygens (including phenoxy) is 2. The molecule has 1 N–H and O–H groups in total. The lowest BCUT2D eigenvalue weighted by molar-refractivity contribution is 0.415. The molecule has 0 aliphatic heterocycles. The molecule has 0 aliphatic rings. The highest BCUT2D eigenvalue weighted by Gasteiger charge is 2.11. The first-order chi connectivity index (χ1) is 10.1. The quantitative estimate of drug-likeness (QED) is 0.732. The second-order valence-electron chi connectivity index (χ2n) is 4.44. The van der Waals surface area contributed by atoms with E-state index in [0.29, 0.717) is 10.8 Å². The molecule has 1 heterocycles. The van der Waals surface area contributed by atoms with Crippen LogP contribution >= 0.6 is 27.5 Å². The van der Waals surface area contributed by atoms with Gasteiger partial charge in [0.2, 0.25) is 0 Å². The van der Waals surface area contributed by atoms with Crippen molar-refractivity contribution in [3.05, 3.63) is 39.8 Å². The van der Waals surface area contributed by atoms with Gasteiger partial charge >= 0.3 is 0 Å². The van der Waals surface area contributed by atoms with Gasteiger partial charge in [0.1, 0.15) is 22.8 Å². The highest BCUT2D eigenvalue weighted by molar-refractivity contribution is 9.10. The van der Waals surface area contributed by atoms with Crippen molar-refractivity contribution >= 4 is 38.6 Å². The van der Waals surface area contributed by atoms with Gasteiger partial charge in [-0.05, 0) is 40.2 Å². The van der Waals surface area contributed by atoms with E-state index in [1.54, 1.807) is 14.2 Å². The summed E-state index contributed by atoms with van der Waals surface area (Å²) in [6.07, 6.45) is 0. The summed E-state index contributed by atoms with van der Waals surface area (Å²) in [5.41, 5.74) is 2.63. The van der Waals surface area contributed by atoms with Crippen LogP contribution in [0.3, 0.4) is 0 Å². The van der Waals surface area contributed by atoms with Crippen LogP contribution in [-0.4, -0.2) is 24.2 Å². The third kappa shape index (κ3) is 2.59. The van der Waals surface area contributed by atoms with Gasteiger partial charge in [0.05, 0.1) is 24.8 Å². The number of nitrogens with one attached hydrogen (secondary N) is 1. The molecule has 3 rings (SSSR count). The molecule has 0 unspecified atom stereocenters. The molecular formula is C15H12BrClN2O2. The monoisotopic (exact) mass is 366 g/mol. The lowest BCUT2D eigenvalue weighted by Crippen LogP contribution is -1.86. The largest absolute Gasteiger partial charge is 0.497 e. The number of nitrogens with zero attached hydrogens (tertiary/aromatic N) is 1. The Labute approximate surface area is 135 Å². The molecule has 0 amide bonds. The molecule has 4 nitrogen and oxygen atoms in total. The van der Waals surface area contributed by atoms with Crippen LogP contribution < -0.4 is 9.47 Å². The molecule has 0 radical (unpaired) electrons. The van der Waals surface area contributed by atoms with E-state index in [2.05, 4.69) is 25.9 Å². The Kier molecular flexibility index (Phi) is 3.78. The van der Waals surface area contributed by atoms with Gasteiger partial charge in [-0.1, -0.05) is 11.6 Å². The highest BCUT2D eigenvalue weighted by Crippen LogP contribution is 2.33. The van der Waals surface area contributed by atoms with Crippen molar-refractivity contribution in [2.75, 3.05) is 14.2 Å². The van der Waals surface area contributed by atoms with E-state index >= 15 is 0 Å². The maximum atomic E-state index is 6.16. The van der Waals surface area contributed by atoms with Crippen LogP contribution in [0.25, 0.3) is 22.4 Å². The Bertz CT molecular complexity index is 817. The Morgan fingerprint density at radius 2 is 1.95 bits per heavy atom. The maximum Gasteiger partial charge on any atom is 0.138 e. The van der Waals surface area contributed by atoms with E-state index in [-0.39, 0.29) is 0 Å². The van der Waals surface area contributed by atoms with Crippen molar-refractivity contribution in [1.82, 2.24) is 9.97 Å². The van der Waals surface area contributed by atoms with Gasteiger partial charge in [-0.25, -0.2) is 4.98 Å². The summed E-state index contributed by atoms with van der Waals surface area (Å²) in [7, 11) is 3.22. The number of aromatic amines is 1. The normalized spacial score (nSPS) is 10.9. The Hall–Kier alpha value is -1.72. The number of fused-ring (bicyclic) bond motifs is 1. The lowest BCUT2D eigenvalue weighted by Gasteiger charge is -2.03. The Balaban J connectivity index is 2.12. The number of halogens is 2. The van der Waals surface area contributed by atoms with Crippen LogP contribution in [0.15, 0.2) is 34.8 Å². The number of hydrogen-bond acceptors (Lipinski definition) is 3. The number of imidazole rings is 1. The summed E-state index contributed by atoms with van der Waals surface area (Å²) >= 11 is 9.66. The molecule has 21 heavy (non-hydrogen) atoms. The van der Waals surface area contributed by atoms with Gasteiger partial charge in [0, 0.05) is 16.1 Å². The van der Waals surface area contributed by atoms with Crippen molar-refractivity contribution < 1.29 is 9.47 Å². The molecule has 0 aliphatic carbocycles. The van der Waals surface area contributed by atoms with E-state index in [1.165, 1.54) is 0 Å². The van der Waals surface area contributed by atoms with E-state index in [0.717, 1.165) is 32.6 Å². The first kappa shape index (κ1) is 14.2. The summed E-state index contributed by atoms with van der Waals surface area (Å²) in [6.45, 7) is 0. The zero-order valence-corrected chi connectivity index (χ0v) is 13.7. The summed E-state index contributed by atoms with van der Waals surface area (Å²) in [6, 6.07) is 9.34. The second kappa shape index (κ2) is 5.58. The molecule has 0 atom stereocenters. The predicted octanol–water partition coefficient (Wildman–Crippen LogP) is 4.66. The summed E-state index contributed by atoms with van der Waals surface area (Å²) < 4.78 is 11.3. The summed E-state index contributed by atoms with van der Waals surface area (Å²) in [5.74, 6) is 2.14. The van der Waals surface area contributed by atoms with Crippen molar-refractivity contribution in [3.8, 4) is 22.9 Å². The first-order valence-electron chi connectivity index (χ1n) is 6.19. The number of H-pyrrole nitrogens is 1. The number of hydrogen-bond donors (Lipinski definition) is 1. The SMILES string of the molecule is COc1cc(Br)c2nc(-c3ccc(OC)c(Cl)c3)[nH]c2c1. The minimum absolute atomic E-state index is 0.548. The van der Waals surface area contributed by atoms with Gasteiger partial charge in [-0.15, -0.1) is 0 Å². The minimum Gasteiger partial charge on any atom is -0.497 e. The van der Waals surface area contributed by atoms with Crippen molar-refractivity contribution in [2.45, 2.75) is 0 Å². The van der Waals surface area contributed by atoms with Crippen LogP contribution in [0.1, 0.15) is 0 Å². The standard InChI is InChI=1S/C15H12BrClN2O2/c1-20-9-6-10(16)14-12(7-9)18-15(19-14)8-3-4-13(21-2)11(17)5-8/h3-7H,1-2H3,(H,18,19). The Morgan fingerprint density at radius 1 is 1.14 bits per heavy atom. The molecule has 0 bridgehead atoms. The smallest absolute Gasteiger partial charge is 0.138 e. The minimum atomic E-state index is 0.548. The fourth-order valence-corrected chi connectivity index (χ4v) is 2.90. The molecule has 1 aromatic heterocycles. The molecule has 108 valence electrons. The molecule has 0 fully saturated rings. The van der Waals surface area contributed by atoms with Crippen LogP contribution in [0, 0.1) is 0 Å². The van der Waals surface area contributed by atoms with Gasteiger partial charge in [0.15, 0.2) is 0 Å². The van der Waals surface area contributed by atoms with Crippen LogP contribution in [0.2, 0.25) is 5.02 Å². The number of methoxy groups -OCH3 is 2. The third-order valence-electron chi connectivity index (χ3n) is 3.17. The van der Waals surface area contributed by atoms with Gasteiger partial charge < -0.3 is 14.5 Å². The fraction of sp³-hybridized carbons (Fsp3) is 0.133. The maximum absolute atomic E-state index is 6.16.